The van der Waals surface area contributed by atoms with E-state index >= 15 is 0 Å². The van der Waals surface area contributed by atoms with Crippen molar-refractivity contribution in [2.24, 2.45) is 0 Å². The summed E-state index contributed by atoms with van der Waals surface area (Å²) in [4.78, 5) is 39.2. The molecule has 6 heteroatoms. The summed E-state index contributed by atoms with van der Waals surface area (Å²) in [5.74, 6) is -0.137. The molecule has 0 N–H and O–H groups in total. The highest BCUT2D eigenvalue weighted by atomic mass is 32.2. The van der Waals surface area contributed by atoms with Crippen LogP contribution in [0.4, 0.5) is 10.5 Å². The number of anilines is 1. The summed E-state index contributed by atoms with van der Waals surface area (Å²) in [6, 6.07) is 13.1. The molecule has 1 fully saturated rings. The van der Waals surface area contributed by atoms with Crippen molar-refractivity contribution < 1.29 is 14.4 Å². The van der Waals surface area contributed by atoms with Crippen LogP contribution in [0.15, 0.2) is 42.5 Å². The van der Waals surface area contributed by atoms with E-state index in [4.69, 9.17) is 0 Å². The lowest BCUT2D eigenvalue weighted by molar-refractivity contribution is -0.125. The van der Waals surface area contributed by atoms with Crippen LogP contribution >= 0.6 is 11.8 Å². The predicted molar refractivity (Wildman–Crippen MR) is 103 cm³/mol. The summed E-state index contributed by atoms with van der Waals surface area (Å²) in [5, 5.41) is -0.237. The number of carbonyl (C=O) groups is 3. The van der Waals surface area contributed by atoms with E-state index in [1.165, 1.54) is 4.90 Å². The lowest BCUT2D eigenvalue weighted by Crippen LogP contribution is -2.29. The smallest absolute Gasteiger partial charge is 0.289 e. The third-order valence-corrected chi connectivity index (χ3v) is 5.11. The maximum Gasteiger partial charge on any atom is 0.289 e. The number of carbonyl (C=O) groups excluding carboxylic acids is 3. The van der Waals surface area contributed by atoms with Crippen LogP contribution in [0.5, 0.6) is 0 Å². The van der Waals surface area contributed by atoms with Gasteiger partial charge in [0.2, 0.25) is 5.91 Å². The number of rotatable bonds is 4. The molecule has 134 valence electrons. The highest BCUT2D eigenvalue weighted by Crippen LogP contribution is 2.23. The second-order valence-corrected chi connectivity index (χ2v) is 7.37. The maximum atomic E-state index is 12.9. The quantitative estimate of drug-likeness (QED) is 0.824. The molecule has 1 aliphatic rings. The molecule has 0 unspecified atom stereocenters. The predicted octanol–water partition coefficient (Wildman–Crippen LogP) is 3.78. The third kappa shape index (κ3) is 3.80. The van der Waals surface area contributed by atoms with E-state index in [1.807, 2.05) is 32.0 Å². The Morgan fingerprint density at radius 3 is 2.42 bits per heavy atom. The van der Waals surface area contributed by atoms with Crippen molar-refractivity contribution >= 4 is 34.5 Å². The molecule has 0 atom stereocenters. The molecule has 1 heterocycles. The fourth-order valence-electron chi connectivity index (χ4n) is 2.97. The molecule has 0 aliphatic carbocycles. The molecule has 1 aliphatic heterocycles. The molecule has 5 nitrogen and oxygen atoms in total. The Hall–Kier alpha value is -2.60. The number of imide groups is 1. The first-order chi connectivity index (χ1) is 12.3. The van der Waals surface area contributed by atoms with Crippen molar-refractivity contribution in [2.75, 3.05) is 17.7 Å². The van der Waals surface area contributed by atoms with Gasteiger partial charge in [-0.3, -0.25) is 19.3 Å². The van der Waals surface area contributed by atoms with Crippen LogP contribution in [0.3, 0.4) is 0 Å². The number of benzene rings is 2. The lowest BCUT2D eigenvalue weighted by atomic mass is 10.1. The zero-order valence-corrected chi connectivity index (χ0v) is 15.8. The van der Waals surface area contributed by atoms with Gasteiger partial charge in [0.1, 0.15) is 0 Å². The van der Waals surface area contributed by atoms with Gasteiger partial charge < -0.3 is 4.90 Å². The minimum absolute atomic E-state index is 0.134. The maximum absolute atomic E-state index is 12.9. The average Bonchev–Trinajstić information content (AvgIpc) is 2.92. The topological polar surface area (TPSA) is 57.7 Å². The fraction of sp³-hybridized carbons (Fsp3) is 0.250. The molecular weight excluding hydrogens is 348 g/mol. The lowest BCUT2D eigenvalue weighted by Gasteiger charge is -2.19. The van der Waals surface area contributed by atoms with Gasteiger partial charge in [-0.15, -0.1) is 0 Å². The van der Waals surface area contributed by atoms with Crippen molar-refractivity contribution in [2.45, 2.75) is 20.4 Å². The zero-order valence-electron chi connectivity index (χ0n) is 15.0. The summed E-state index contributed by atoms with van der Waals surface area (Å²) in [7, 11) is 1.74. The largest absolute Gasteiger partial charge is 0.311 e. The number of hydrogen-bond acceptors (Lipinski definition) is 4. The summed E-state index contributed by atoms with van der Waals surface area (Å²) in [5.41, 5.74) is 4.30. The Bertz CT molecular complexity index is 858. The van der Waals surface area contributed by atoms with Gasteiger partial charge in [-0.25, -0.2) is 0 Å². The van der Waals surface area contributed by atoms with Crippen molar-refractivity contribution in [3.63, 3.8) is 0 Å². The summed E-state index contributed by atoms with van der Waals surface area (Å²) in [6.45, 7) is 4.19. The van der Waals surface area contributed by atoms with Crippen LogP contribution in [0.2, 0.25) is 0 Å². The van der Waals surface area contributed by atoms with Crippen LogP contribution in [0, 0.1) is 13.8 Å². The average molecular weight is 368 g/mol. The van der Waals surface area contributed by atoms with Gasteiger partial charge in [-0.1, -0.05) is 30.0 Å². The van der Waals surface area contributed by atoms with E-state index in [1.54, 1.807) is 30.1 Å². The van der Waals surface area contributed by atoms with E-state index in [0.29, 0.717) is 5.56 Å². The first-order valence-corrected chi connectivity index (χ1v) is 9.26. The molecule has 1 saturated heterocycles. The van der Waals surface area contributed by atoms with Gasteiger partial charge in [-0.2, -0.15) is 0 Å². The SMILES string of the molecule is Cc1cc(C)cc(N(C)C(=O)c2cccc(CN3C(=O)CSC3=O)c2)c1. The molecule has 3 amide bonds. The van der Waals surface area contributed by atoms with Crippen molar-refractivity contribution in [3.05, 3.63) is 64.7 Å². The minimum Gasteiger partial charge on any atom is -0.311 e. The van der Waals surface area contributed by atoms with Gasteiger partial charge >= 0.3 is 0 Å². The standard InChI is InChI=1S/C20H20N2O3S/c1-13-7-14(2)9-17(8-13)21(3)19(24)16-6-4-5-15(10-16)11-22-18(23)12-26-20(22)25/h4-10H,11-12H2,1-3H3. The Balaban J connectivity index is 1.81. The Morgan fingerprint density at radius 1 is 1.12 bits per heavy atom. The summed E-state index contributed by atoms with van der Waals surface area (Å²) in [6.07, 6.45) is 0. The monoisotopic (exact) mass is 368 g/mol. The first-order valence-electron chi connectivity index (χ1n) is 8.27. The summed E-state index contributed by atoms with van der Waals surface area (Å²) >= 11 is 1.01. The number of thioether (sulfide) groups is 1. The molecule has 0 saturated carbocycles. The Kier molecular flexibility index (Phi) is 5.13. The van der Waals surface area contributed by atoms with Crippen LogP contribution < -0.4 is 4.90 Å². The number of amides is 3. The third-order valence-electron chi connectivity index (χ3n) is 4.25. The number of nitrogens with zero attached hydrogens (tertiary/aromatic N) is 2. The van der Waals surface area contributed by atoms with Gasteiger partial charge in [0.05, 0.1) is 12.3 Å². The fourth-order valence-corrected chi connectivity index (χ4v) is 3.70. The van der Waals surface area contributed by atoms with Crippen molar-refractivity contribution in [1.82, 2.24) is 4.90 Å². The normalized spacial score (nSPS) is 14.0. The van der Waals surface area contributed by atoms with E-state index in [0.717, 1.165) is 34.1 Å². The molecule has 0 radical (unpaired) electrons. The molecule has 26 heavy (non-hydrogen) atoms. The van der Waals surface area contributed by atoms with E-state index in [9.17, 15) is 14.4 Å². The number of aryl methyl sites for hydroxylation is 2. The van der Waals surface area contributed by atoms with E-state index in [2.05, 4.69) is 6.07 Å². The van der Waals surface area contributed by atoms with E-state index < -0.39 is 0 Å². The first kappa shape index (κ1) is 18.2. The molecule has 0 bridgehead atoms. The molecule has 2 aromatic rings. The molecule has 3 rings (SSSR count). The summed E-state index contributed by atoms with van der Waals surface area (Å²) < 4.78 is 0. The van der Waals surface area contributed by atoms with Crippen LogP contribution in [-0.2, 0) is 11.3 Å². The van der Waals surface area contributed by atoms with Crippen molar-refractivity contribution in [3.8, 4) is 0 Å². The molecular formula is C20H20N2O3S. The highest BCUT2D eigenvalue weighted by molar-refractivity contribution is 8.14. The van der Waals surface area contributed by atoms with E-state index in [-0.39, 0.29) is 29.4 Å². The molecule has 2 aromatic carbocycles. The van der Waals surface area contributed by atoms with Crippen LogP contribution in [-0.4, -0.2) is 34.8 Å². The van der Waals surface area contributed by atoms with Crippen LogP contribution in [0.1, 0.15) is 27.0 Å². The second-order valence-electron chi connectivity index (χ2n) is 6.44. The van der Waals surface area contributed by atoms with Gasteiger partial charge in [0.25, 0.3) is 11.1 Å². The highest BCUT2D eigenvalue weighted by Gasteiger charge is 2.29. The second kappa shape index (κ2) is 7.33. The molecule has 0 spiro atoms. The van der Waals surface area contributed by atoms with Crippen molar-refractivity contribution in [1.29, 1.82) is 0 Å². The van der Waals surface area contributed by atoms with Gasteiger partial charge in [-0.05, 0) is 54.8 Å². The molecule has 0 aromatic heterocycles. The van der Waals surface area contributed by atoms with Gasteiger partial charge in [0.15, 0.2) is 0 Å². The Labute approximate surface area is 157 Å². The zero-order chi connectivity index (χ0) is 18.8. The minimum atomic E-state index is -0.237. The van der Waals surface area contributed by atoms with Crippen LogP contribution in [0.25, 0.3) is 0 Å². The Morgan fingerprint density at radius 2 is 1.81 bits per heavy atom. The number of hydrogen-bond donors (Lipinski definition) is 0. The van der Waals surface area contributed by atoms with Gasteiger partial charge in [0, 0.05) is 18.3 Å².